The molecule has 0 aromatic heterocycles. The summed E-state index contributed by atoms with van der Waals surface area (Å²) < 4.78 is 22.9. The highest BCUT2D eigenvalue weighted by Gasteiger charge is 2.20. The summed E-state index contributed by atoms with van der Waals surface area (Å²) in [6, 6.07) is 21.4. The third-order valence-electron chi connectivity index (χ3n) is 4.44. The fourth-order valence-corrected chi connectivity index (χ4v) is 3.12. The van der Waals surface area contributed by atoms with Gasteiger partial charge in [-0.15, -0.1) is 0 Å². The van der Waals surface area contributed by atoms with E-state index in [1.807, 2.05) is 60.7 Å². The highest BCUT2D eigenvalue weighted by atomic mass is 16.7. The number of ether oxygens (including phenoxy) is 4. The first-order valence-corrected chi connectivity index (χ1v) is 9.19. The van der Waals surface area contributed by atoms with Crippen LogP contribution in [-0.2, 0) is 13.0 Å². The molecule has 0 bridgehead atoms. The lowest BCUT2D eigenvalue weighted by Gasteiger charge is -2.13. The Hall–Kier alpha value is -3.14. The Kier molecular flexibility index (Phi) is 5.15. The van der Waals surface area contributed by atoms with Crippen molar-refractivity contribution in [3.05, 3.63) is 77.9 Å². The van der Waals surface area contributed by atoms with Gasteiger partial charge in [0.1, 0.15) is 23.9 Å². The van der Waals surface area contributed by atoms with E-state index in [2.05, 4.69) is 13.0 Å². The van der Waals surface area contributed by atoms with E-state index in [0.29, 0.717) is 13.4 Å². The quantitative estimate of drug-likeness (QED) is 0.537. The van der Waals surface area contributed by atoms with Gasteiger partial charge in [-0.1, -0.05) is 37.6 Å². The lowest BCUT2D eigenvalue weighted by atomic mass is 10.0. The van der Waals surface area contributed by atoms with Gasteiger partial charge in [-0.25, -0.2) is 0 Å². The van der Waals surface area contributed by atoms with Crippen molar-refractivity contribution >= 4 is 0 Å². The van der Waals surface area contributed by atoms with Gasteiger partial charge >= 0.3 is 0 Å². The molecule has 0 fully saturated rings. The van der Waals surface area contributed by atoms with Crippen molar-refractivity contribution in [3.63, 3.8) is 0 Å². The predicted molar refractivity (Wildman–Crippen MR) is 104 cm³/mol. The molecule has 1 aliphatic heterocycles. The van der Waals surface area contributed by atoms with Crippen LogP contribution in [0, 0.1) is 0 Å². The summed E-state index contributed by atoms with van der Waals surface area (Å²) in [7, 11) is 0. The van der Waals surface area contributed by atoms with Crippen molar-refractivity contribution in [2.45, 2.75) is 26.4 Å². The van der Waals surface area contributed by atoms with Crippen LogP contribution in [0.1, 0.15) is 24.5 Å². The molecule has 3 aromatic rings. The Balaban J connectivity index is 1.43. The molecule has 3 aromatic carbocycles. The van der Waals surface area contributed by atoms with E-state index >= 15 is 0 Å². The molecule has 4 rings (SSSR count). The van der Waals surface area contributed by atoms with Crippen molar-refractivity contribution in [3.8, 4) is 28.7 Å². The molecule has 0 amide bonds. The maximum absolute atomic E-state index is 5.99. The van der Waals surface area contributed by atoms with Gasteiger partial charge in [-0.05, 0) is 54.4 Å². The van der Waals surface area contributed by atoms with Gasteiger partial charge in [0, 0.05) is 5.56 Å². The zero-order valence-electron chi connectivity index (χ0n) is 15.3. The van der Waals surface area contributed by atoms with Crippen LogP contribution >= 0.6 is 0 Å². The fourth-order valence-electron chi connectivity index (χ4n) is 3.12. The molecule has 1 heterocycles. The Morgan fingerprint density at radius 2 is 1.56 bits per heavy atom. The Bertz CT molecular complexity index is 888. The normalized spacial score (nSPS) is 12.0. The lowest BCUT2D eigenvalue weighted by molar-refractivity contribution is 0.173. The summed E-state index contributed by atoms with van der Waals surface area (Å²) in [4.78, 5) is 0. The molecule has 0 unspecified atom stereocenters. The van der Waals surface area contributed by atoms with E-state index in [4.69, 9.17) is 18.9 Å². The summed E-state index contributed by atoms with van der Waals surface area (Å²) >= 11 is 0. The first-order valence-electron chi connectivity index (χ1n) is 9.19. The SMILES string of the molecule is CCCc1c(COc2ccc(Oc3ccccc3)cc2)ccc2c1OCO2. The molecule has 138 valence electrons. The van der Waals surface area contributed by atoms with Crippen LogP contribution in [0.25, 0.3) is 0 Å². The van der Waals surface area contributed by atoms with Crippen LogP contribution in [0.15, 0.2) is 66.7 Å². The summed E-state index contributed by atoms with van der Waals surface area (Å²) in [5.74, 6) is 4.09. The molecule has 1 aliphatic rings. The minimum Gasteiger partial charge on any atom is -0.489 e. The maximum atomic E-state index is 5.99. The van der Waals surface area contributed by atoms with E-state index < -0.39 is 0 Å². The molecule has 0 atom stereocenters. The minimum atomic E-state index is 0.291. The van der Waals surface area contributed by atoms with Crippen LogP contribution in [0.3, 0.4) is 0 Å². The molecule has 0 aliphatic carbocycles. The van der Waals surface area contributed by atoms with Crippen LogP contribution in [0.2, 0.25) is 0 Å². The predicted octanol–water partition coefficient (Wildman–Crippen LogP) is 5.74. The molecule has 0 saturated heterocycles. The third kappa shape index (κ3) is 4.00. The van der Waals surface area contributed by atoms with Gasteiger partial charge in [0.2, 0.25) is 6.79 Å². The first-order chi connectivity index (χ1) is 13.3. The van der Waals surface area contributed by atoms with Crippen LogP contribution in [0.4, 0.5) is 0 Å². The largest absolute Gasteiger partial charge is 0.489 e. The number of hydrogen-bond donors (Lipinski definition) is 0. The minimum absolute atomic E-state index is 0.291. The van der Waals surface area contributed by atoms with E-state index in [0.717, 1.165) is 47.2 Å². The van der Waals surface area contributed by atoms with Gasteiger partial charge in [0.05, 0.1) is 0 Å². The molecule has 0 radical (unpaired) electrons. The van der Waals surface area contributed by atoms with E-state index in [-0.39, 0.29) is 0 Å². The van der Waals surface area contributed by atoms with Crippen molar-refractivity contribution in [2.24, 2.45) is 0 Å². The standard InChI is InChI=1S/C23H22O4/c1-2-6-21-17(9-14-22-23(21)26-16-25-22)15-24-18-10-12-20(13-11-18)27-19-7-4-3-5-8-19/h3-5,7-14H,2,6,15-16H2,1H3. The van der Waals surface area contributed by atoms with E-state index in [1.165, 1.54) is 5.56 Å². The van der Waals surface area contributed by atoms with Crippen molar-refractivity contribution in [1.82, 2.24) is 0 Å². The van der Waals surface area contributed by atoms with Crippen molar-refractivity contribution in [1.29, 1.82) is 0 Å². The van der Waals surface area contributed by atoms with Gasteiger partial charge in [-0.3, -0.25) is 0 Å². The average molecular weight is 362 g/mol. The molecule has 4 heteroatoms. The highest BCUT2D eigenvalue weighted by Crippen LogP contribution is 2.38. The van der Waals surface area contributed by atoms with Crippen molar-refractivity contribution in [2.75, 3.05) is 6.79 Å². The molecular formula is C23H22O4. The molecule has 0 N–H and O–H groups in total. The van der Waals surface area contributed by atoms with Crippen LogP contribution in [0.5, 0.6) is 28.7 Å². The number of benzene rings is 3. The number of para-hydroxylation sites is 1. The maximum Gasteiger partial charge on any atom is 0.231 e. The number of hydrogen-bond acceptors (Lipinski definition) is 4. The Morgan fingerprint density at radius 3 is 2.33 bits per heavy atom. The summed E-state index contributed by atoms with van der Waals surface area (Å²) in [5.41, 5.74) is 2.31. The molecule has 27 heavy (non-hydrogen) atoms. The zero-order chi connectivity index (χ0) is 18.5. The highest BCUT2D eigenvalue weighted by molar-refractivity contribution is 5.52. The number of fused-ring (bicyclic) bond motifs is 1. The second-order valence-corrected chi connectivity index (χ2v) is 6.36. The topological polar surface area (TPSA) is 36.9 Å². The summed E-state index contributed by atoms with van der Waals surface area (Å²) in [6.45, 7) is 2.94. The fraction of sp³-hybridized carbons (Fsp3) is 0.217. The first kappa shape index (κ1) is 17.3. The molecule has 4 nitrogen and oxygen atoms in total. The van der Waals surface area contributed by atoms with Gasteiger partial charge < -0.3 is 18.9 Å². The average Bonchev–Trinajstić information content (AvgIpc) is 3.19. The lowest BCUT2D eigenvalue weighted by Crippen LogP contribution is -2.02. The number of rotatable bonds is 7. The second-order valence-electron chi connectivity index (χ2n) is 6.36. The Morgan fingerprint density at radius 1 is 0.815 bits per heavy atom. The zero-order valence-corrected chi connectivity index (χ0v) is 15.3. The smallest absolute Gasteiger partial charge is 0.231 e. The van der Waals surface area contributed by atoms with Crippen LogP contribution in [-0.4, -0.2) is 6.79 Å². The summed E-state index contributed by atoms with van der Waals surface area (Å²) in [5, 5.41) is 0. The molecule has 0 spiro atoms. The third-order valence-corrected chi connectivity index (χ3v) is 4.44. The van der Waals surface area contributed by atoms with Gasteiger partial charge in [0.25, 0.3) is 0 Å². The molecule has 0 saturated carbocycles. The van der Waals surface area contributed by atoms with E-state index in [1.54, 1.807) is 0 Å². The second kappa shape index (κ2) is 8.04. The van der Waals surface area contributed by atoms with Gasteiger partial charge in [-0.2, -0.15) is 0 Å². The monoisotopic (exact) mass is 362 g/mol. The summed E-state index contributed by atoms with van der Waals surface area (Å²) in [6.07, 6.45) is 1.98. The van der Waals surface area contributed by atoms with Crippen LogP contribution < -0.4 is 18.9 Å². The van der Waals surface area contributed by atoms with E-state index in [9.17, 15) is 0 Å². The van der Waals surface area contributed by atoms with Crippen molar-refractivity contribution < 1.29 is 18.9 Å². The Labute approximate surface area is 159 Å². The van der Waals surface area contributed by atoms with Gasteiger partial charge in [0.15, 0.2) is 11.5 Å². The molecular weight excluding hydrogens is 340 g/mol.